The summed E-state index contributed by atoms with van der Waals surface area (Å²) in [6, 6.07) is 1.64. The fourth-order valence-electron chi connectivity index (χ4n) is 2.16. The molecule has 2 aromatic rings. The highest BCUT2D eigenvalue weighted by Gasteiger charge is 2.37. The van der Waals surface area contributed by atoms with E-state index < -0.39 is 59.4 Å². The molecule has 1 N–H and O–H groups in total. The zero-order valence-electron chi connectivity index (χ0n) is 13.3. The Balaban J connectivity index is 2.84. The topological polar surface area (TPSA) is 141 Å². The van der Waals surface area contributed by atoms with Gasteiger partial charge in [-0.25, -0.2) is 0 Å². The van der Waals surface area contributed by atoms with Gasteiger partial charge in [0.15, 0.2) is 5.69 Å². The van der Waals surface area contributed by atoms with E-state index in [-0.39, 0.29) is 8.95 Å². The molecule has 2 aromatic carbocycles. The first kappa shape index (κ1) is 23.0. The number of nitro groups is 3. The van der Waals surface area contributed by atoms with Gasteiger partial charge >= 0.3 is 17.6 Å². The van der Waals surface area contributed by atoms with Crippen LogP contribution in [0.3, 0.4) is 0 Å². The third-order valence-corrected chi connectivity index (χ3v) is 6.20. The Kier molecular flexibility index (Phi) is 6.48. The molecule has 16 heteroatoms. The minimum atomic E-state index is -4.83. The average molecular weight is 609 g/mol. The van der Waals surface area contributed by atoms with Gasteiger partial charge in [-0.05, 0) is 53.9 Å². The second-order valence-corrected chi connectivity index (χ2v) is 7.60. The van der Waals surface area contributed by atoms with Crippen molar-refractivity contribution in [2.24, 2.45) is 0 Å². The number of nitro benzene ring substituents is 3. The van der Waals surface area contributed by atoms with Gasteiger partial charge in [0.25, 0.3) is 5.69 Å². The van der Waals surface area contributed by atoms with Crippen molar-refractivity contribution in [2.45, 2.75) is 6.18 Å². The quantitative estimate of drug-likeness (QED) is 0.233. The van der Waals surface area contributed by atoms with E-state index in [1.54, 1.807) is 0 Å². The van der Waals surface area contributed by atoms with E-state index in [9.17, 15) is 43.5 Å². The Bertz CT molecular complexity index is 1030. The van der Waals surface area contributed by atoms with Crippen LogP contribution in [0.5, 0.6) is 0 Å². The summed E-state index contributed by atoms with van der Waals surface area (Å²) in [5.41, 5.74) is -5.51. The molecule has 0 saturated heterocycles. The van der Waals surface area contributed by atoms with Gasteiger partial charge in [0.05, 0.1) is 47.1 Å². The third-order valence-electron chi connectivity index (χ3n) is 3.40. The first-order valence-electron chi connectivity index (χ1n) is 6.88. The molecule has 0 aliphatic heterocycles. The van der Waals surface area contributed by atoms with E-state index in [0.717, 1.165) is 6.07 Å². The lowest BCUT2D eigenvalue weighted by Gasteiger charge is -2.17. The number of rotatable bonds is 5. The van der Waals surface area contributed by atoms with Crippen LogP contribution in [0, 0.1) is 30.3 Å². The van der Waals surface area contributed by atoms with Gasteiger partial charge < -0.3 is 5.32 Å². The van der Waals surface area contributed by atoms with Crippen LogP contribution >= 0.6 is 47.8 Å². The Labute approximate surface area is 182 Å². The van der Waals surface area contributed by atoms with Crippen molar-refractivity contribution in [1.29, 1.82) is 0 Å². The first-order valence-corrected chi connectivity index (χ1v) is 9.26. The van der Waals surface area contributed by atoms with Crippen LogP contribution in [0.2, 0.25) is 0 Å². The fourth-order valence-corrected chi connectivity index (χ4v) is 3.91. The van der Waals surface area contributed by atoms with Crippen LogP contribution in [0.1, 0.15) is 5.56 Å². The number of alkyl halides is 3. The van der Waals surface area contributed by atoms with Crippen molar-refractivity contribution in [2.75, 3.05) is 5.32 Å². The van der Waals surface area contributed by atoms with Crippen LogP contribution in [0.4, 0.5) is 41.6 Å². The highest BCUT2D eigenvalue weighted by Crippen LogP contribution is 2.48. The van der Waals surface area contributed by atoms with Crippen LogP contribution in [-0.4, -0.2) is 14.8 Å². The fraction of sp³-hybridized carbons (Fsp3) is 0.0769. The highest BCUT2D eigenvalue weighted by atomic mass is 79.9. The average Bonchev–Trinajstić information content (AvgIpc) is 2.59. The number of anilines is 2. The summed E-state index contributed by atoms with van der Waals surface area (Å²) < 4.78 is 39.0. The second-order valence-electron chi connectivity index (χ2n) is 5.16. The molecule has 0 aliphatic carbocycles. The lowest BCUT2D eigenvalue weighted by molar-refractivity contribution is -0.401. The molecule has 0 saturated carbocycles. The molecular weight excluding hydrogens is 605 g/mol. The van der Waals surface area contributed by atoms with Gasteiger partial charge in [0, 0.05) is 4.47 Å². The molecule has 154 valence electrons. The summed E-state index contributed by atoms with van der Waals surface area (Å²) in [7, 11) is 0. The summed E-state index contributed by atoms with van der Waals surface area (Å²) >= 11 is 8.63. The van der Waals surface area contributed by atoms with E-state index >= 15 is 0 Å². The molecule has 0 aromatic heterocycles. The maximum Gasteiger partial charge on any atom is 0.417 e. The maximum absolute atomic E-state index is 13.3. The SMILES string of the molecule is O=[N+]([O-])c1cc([N+](=O)[O-])c(Nc2c(Br)c(Br)cc(C(F)(F)F)c2Br)c([N+](=O)[O-])c1. The minimum Gasteiger partial charge on any atom is -0.342 e. The van der Waals surface area contributed by atoms with Crippen molar-refractivity contribution in [3.63, 3.8) is 0 Å². The number of benzene rings is 2. The van der Waals surface area contributed by atoms with Crippen molar-refractivity contribution >= 4 is 76.2 Å². The zero-order chi connectivity index (χ0) is 22.3. The Morgan fingerprint density at radius 1 is 0.793 bits per heavy atom. The number of nitrogens with zero attached hydrogens (tertiary/aromatic N) is 3. The molecule has 0 heterocycles. The monoisotopic (exact) mass is 606 g/mol. The number of nitrogens with one attached hydrogen (secondary N) is 1. The highest BCUT2D eigenvalue weighted by molar-refractivity contribution is 9.13. The van der Waals surface area contributed by atoms with E-state index in [1.165, 1.54) is 0 Å². The third kappa shape index (κ3) is 4.64. The number of hydrogen-bond donors (Lipinski definition) is 1. The van der Waals surface area contributed by atoms with Crippen molar-refractivity contribution in [3.05, 3.63) is 67.5 Å². The Morgan fingerprint density at radius 3 is 1.66 bits per heavy atom. The maximum atomic E-state index is 13.3. The minimum absolute atomic E-state index is 0.0423. The van der Waals surface area contributed by atoms with Crippen molar-refractivity contribution in [1.82, 2.24) is 0 Å². The van der Waals surface area contributed by atoms with Crippen LogP contribution < -0.4 is 5.32 Å². The van der Waals surface area contributed by atoms with Crippen LogP contribution in [0.25, 0.3) is 0 Å². The van der Waals surface area contributed by atoms with Crippen LogP contribution in [-0.2, 0) is 6.18 Å². The van der Waals surface area contributed by atoms with E-state index in [2.05, 4.69) is 53.1 Å². The predicted molar refractivity (Wildman–Crippen MR) is 104 cm³/mol. The number of non-ortho nitro benzene ring substituents is 1. The van der Waals surface area contributed by atoms with Crippen molar-refractivity contribution in [3.8, 4) is 0 Å². The number of hydrogen-bond acceptors (Lipinski definition) is 7. The Hall–Kier alpha value is -2.33. The van der Waals surface area contributed by atoms with Gasteiger partial charge in [0.2, 0.25) is 0 Å². The predicted octanol–water partition coefficient (Wildman–Crippen LogP) is 6.46. The molecule has 0 radical (unpaired) electrons. The van der Waals surface area contributed by atoms with Gasteiger partial charge in [-0.3, -0.25) is 30.3 Å². The van der Waals surface area contributed by atoms with E-state index in [4.69, 9.17) is 0 Å². The molecular formula is C13H4Br3F3N4O6. The molecule has 0 atom stereocenters. The van der Waals surface area contributed by atoms with E-state index in [0.29, 0.717) is 12.1 Å². The normalized spacial score (nSPS) is 11.2. The van der Waals surface area contributed by atoms with E-state index in [1.807, 2.05) is 0 Å². The lowest BCUT2D eigenvalue weighted by atomic mass is 10.1. The molecule has 0 aliphatic rings. The smallest absolute Gasteiger partial charge is 0.342 e. The van der Waals surface area contributed by atoms with Gasteiger partial charge in [-0.15, -0.1) is 0 Å². The molecule has 2 rings (SSSR count). The Morgan fingerprint density at radius 2 is 1.28 bits per heavy atom. The van der Waals surface area contributed by atoms with Crippen molar-refractivity contribution < 1.29 is 27.9 Å². The van der Waals surface area contributed by atoms with Crippen LogP contribution in [0.15, 0.2) is 31.6 Å². The molecule has 0 amide bonds. The summed E-state index contributed by atoms with van der Waals surface area (Å²) in [6.07, 6.45) is -4.83. The molecule has 0 bridgehead atoms. The molecule has 0 fully saturated rings. The molecule has 0 unspecified atom stereocenters. The summed E-state index contributed by atoms with van der Waals surface area (Å²) in [6.45, 7) is 0. The standard InChI is InChI=1S/C13H4Br3F3N4O6/c14-6-3-5(13(17,18)19)9(15)12(10(6)16)20-11-7(22(26)27)1-4(21(24)25)2-8(11)23(28)29/h1-3,20H. The molecule has 0 spiro atoms. The van der Waals surface area contributed by atoms with Gasteiger partial charge in [0.1, 0.15) is 0 Å². The lowest BCUT2D eigenvalue weighted by Crippen LogP contribution is -2.09. The van der Waals surface area contributed by atoms with Gasteiger partial charge in [-0.1, -0.05) is 0 Å². The first-order chi connectivity index (χ1) is 13.3. The van der Waals surface area contributed by atoms with Gasteiger partial charge in [-0.2, -0.15) is 13.2 Å². The summed E-state index contributed by atoms with van der Waals surface area (Å²) in [5, 5.41) is 35.8. The number of halogens is 6. The zero-order valence-corrected chi connectivity index (χ0v) is 18.0. The largest absolute Gasteiger partial charge is 0.417 e. The summed E-state index contributed by atoms with van der Waals surface area (Å²) in [5.74, 6) is 0. The second kappa shape index (κ2) is 8.19. The molecule has 29 heavy (non-hydrogen) atoms. The summed E-state index contributed by atoms with van der Waals surface area (Å²) in [4.78, 5) is 30.2. The molecule has 10 nitrogen and oxygen atoms in total.